The normalized spacial score (nSPS) is 11.7. The standard InChI is InChI=1S/C20H22N4O5S/c1-3-10-24(12-18(25)21-15-7-5-4-6-13(15)2)30(28,29)14-8-9-16-17(11-14)23-20(27)19(26)22-16/h4-9,11H,3,10,12H2,1-2H3,(H,21,25)(H,22,26)(H,23,27). The summed E-state index contributed by atoms with van der Waals surface area (Å²) in [5.41, 5.74) is 0.268. The van der Waals surface area contributed by atoms with Gasteiger partial charge in [-0.15, -0.1) is 0 Å². The largest absolute Gasteiger partial charge is 0.325 e. The van der Waals surface area contributed by atoms with Crippen molar-refractivity contribution in [3.63, 3.8) is 0 Å². The number of fused-ring (bicyclic) bond motifs is 1. The van der Waals surface area contributed by atoms with Crippen LogP contribution in [0.4, 0.5) is 5.69 Å². The zero-order valence-electron chi connectivity index (χ0n) is 16.6. The van der Waals surface area contributed by atoms with Crippen molar-refractivity contribution >= 4 is 32.7 Å². The van der Waals surface area contributed by atoms with Crippen LogP contribution in [0, 0.1) is 6.92 Å². The summed E-state index contributed by atoms with van der Waals surface area (Å²) in [6.07, 6.45) is 0.509. The fourth-order valence-electron chi connectivity index (χ4n) is 3.00. The first-order valence-electron chi connectivity index (χ1n) is 9.34. The van der Waals surface area contributed by atoms with Crippen LogP contribution in [-0.4, -0.2) is 41.7 Å². The molecule has 0 bridgehead atoms. The fourth-order valence-corrected chi connectivity index (χ4v) is 4.52. The Balaban J connectivity index is 1.90. The van der Waals surface area contributed by atoms with E-state index in [-0.39, 0.29) is 23.5 Å². The number of amides is 1. The number of rotatable bonds is 7. The third-order valence-electron chi connectivity index (χ3n) is 4.54. The SMILES string of the molecule is CCCN(CC(=O)Nc1ccccc1C)S(=O)(=O)c1ccc2[nH]c(=O)c(=O)[nH]c2c1. The van der Waals surface area contributed by atoms with E-state index < -0.39 is 27.0 Å². The van der Waals surface area contributed by atoms with Crippen LogP contribution in [-0.2, 0) is 14.8 Å². The highest BCUT2D eigenvalue weighted by Crippen LogP contribution is 2.20. The molecule has 0 fully saturated rings. The molecule has 0 radical (unpaired) electrons. The molecule has 0 aliphatic carbocycles. The molecule has 9 nitrogen and oxygen atoms in total. The van der Waals surface area contributed by atoms with Gasteiger partial charge < -0.3 is 15.3 Å². The number of carbonyl (C=O) groups excluding carboxylic acids is 1. The molecule has 10 heteroatoms. The number of para-hydroxylation sites is 1. The number of aromatic nitrogens is 2. The van der Waals surface area contributed by atoms with E-state index in [1.807, 2.05) is 26.0 Å². The number of hydrogen-bond acceptors (Lipinski definition) is 5. The molecular formula is C20H22N4O5S. The van der Waals surface area contributed by atoms with E-state index in [4.69, 9.17) is 0 Å². The summed E-state index contributed by atoms with van der Waals surface area (Å²) >= 11 is 0. The molecule has 0 atom stereocenters. The van der Waals surface area contributed by atoms with Crippen LogP contribution in [0.3, 0.4) is 0 Å². The van der Waals surface area contributed by atoms with Gasteiger partial charge in [-0.1, -0.05) is 25.1 Å². The topological polar surface area (TPSA) is 132 Å². The van der Waals surface area contributed by atoms with E-state index in [0.717, 1.165) is 9.87 Å². The molecule has 0 unspecified atom stereocenters. The van der Waals surface area contributed by atoms with E-state index in [2.05, 4.69) is 15.3 Å². The van der Waals surface area contributed by atoms with Gasteiger partial charge in [-0.25, -0.2) is 8.42 Å². The van der Waals surface area contributed by atoms with Gasteiger partial charge in [0, 0.05) is 12.2 Å². The van der Waals surface area contributed by atoms with Crippen LogP contribution in [0.2, 0.25) is 0 Å². The Kier molecular flexibility index (Phi) is 6.18. The summed E-state index contributed by atoms with van der Waals surface area (Å²) in [5.74, 6) is -0.458. The first-order valence-corrected chi connectivity index (χ1v) is 10.8. The maximum absolute atomic E-state index is 13.2. The molecule has 0 aliphatic rings. The summed E-state index contributed by atoms with van der Waals surface area (Å²) in [4.78, 5) is 40.2. The number of hydrogen-bond donors (Lipinski definition) is 3. The molecule has 158 valence electrons. The summed E-state index contributed by atoms with van der Waals surface area (Å²) in [7, 11) is -4.02. The Labute approximate surface area is 172 Å². The van der Waals surface area contributed by atoms with Crippen molar-refractivity contribution in [2.45, 2.75) is 25.2 Å². The molecule has 1 amide bonds. The first kappa shape index (κ1) is 21.5. The van der Waals surface area contributed by atoms with Gasteiger partial charge in [0.25, 0.3) is 0 Å². The number of benzene rings is 2. The minimum Gasteiger partial charge on any atom is -0.325 e. The Hall–Kier alpha value is -3.24. The van der Waals surface area contributed by atoms with Crippen molar-refractivity contribution in [2.24, 2.45) is 0 Å². The summed E-state index contributed by atoms with van der Waals surface area (Å²) < 4.78 is 27.4. The molecule has 0 saturated heterocycles. The highest BCUT2D eigenvalue weighted by molar-refractivity contribution is 7.89. The monoisotopic (exact) mass is 430 g/mol. The van der Waals surface area contributed by atoms with Gasteiger partial charge >= 0.3 is 11.1 Å². The molecule has 0 spiro atoms. The second-order valence-corrected chi connectivity index (χ2v) is 8.76. The lowest BCUT2D eigenvalue weighted by Gasteiger charge is -2.21. The summed E-state index contributed by atoms with van der Waals surface area (Å²) in [6.45, 7) is 3.44. The molecule has 3 N–H and O–H groups in total. The molecule has 1 aromatic heterocycles. The Morgan fingerprint density at radius 3 is 2.37 bits per heavy atom. The van der Waals surface area contributed by atoms with Crippen LogP contribution in [0.25, 0.3) is 11.0 Å². The van der Waals surface area contributed by atoms with Gasteiger partial charge in [-0.05, 0) is 43.2 Å². The van der Waals surface area contributed by atoms with E-state index in [9.17, 15) is 22.8 Å². The van der Waals surface area contributed by atoms with E-state index in [1.54, 1.807) is 12.1 Å². The van der Waals surface area contributed by atoms with Crippen molar-refractivity contribution in [2.75, 3.05) is 18.4 Å². The molecule has 2 aromatic carbocycles. The van der Waals surface area contributed by atoms with Gasteiger partial charge in [0.2, 0.25) is 15.9 Å². The number of H-pyrrole nitrogens is 2. The number of nitrogens with one attached hydrogen (secondary N) is 3. The fraction of sp³-hybridized carbons (Fsp3) is 0.250. The van der Waals surface area contributed by atoms with Crippen molar-refractivity contribution in [1.29, 1.82) is 0 Å². The van der Waals surface area contributed by atoms with Crippen LogP contribution >= 0.6 is 0 Å². The predicted octanol–water partition coefficient (Wildman–Crippen LogP) is 1.56. The Bertz CT molecular complexity index is 1310. The lowest BCUT2D eigenvalue weighted by molar-refractivity contribution is -0.116. The van der Waals surface area contributed by atoms with Gasteiger partial charge in [0.05, 0.1) is 22.5 Å². The predicted molar refractivity (Wildman–Crippen MR) is 114 cm³/mol. The quantitative estimate of drug-likeness (QED) is 0.490. The van der Waals surface area contributed by atoms with Crippen LogP contribution in [0.15, 0.2) is 56.9 Å². The number of nitrogens with zero attached hydrogens (tertiary/aromatic N) is 1. The smallest absolute Gasteiger partial charge is 0.314 e. The first-order chi connectivity index (χ1) is 14.2. The molecule has 3 aromatic rings. The molecule has 0 aliphatic heterocycles. The second-order valence-electron chi connectivity index (χ2n) is 6.82. The molecule has 1 heterocycles. The third kappa shape index (κ3) is 4.50. The number of aromatic amines is 2. The number of anilines is 1. The molecule has 3 rings (SSSR count). The maximum Gasteiger partial charge on any atom is 0.314 e. The number of sulfonamides is 1. The van der Waals surface area contributed by atoms with Crippen LogP contribution in [0.5, 0.6) is 0 Å². The van der Waals surface area contributed by atoms with E-state index in [0.29, 0.717) is 17.6 Å². The van der Waals surface area contributed by atoms with Gasteiger partial charge in [0.1, 0.15) is 0 Å². The maximum atomic E-state index is 13.2. The Morgan fingerprint density at radius 2 is 1.70 bits per heavy atom. The molecular weight excluding hydrogens is 408 g/mol. The number of aryl methyl sites for hydroxylation is 1. The molecule has 30 heavy (non-hydrogen) atoms. The van der Waals surface area contributed by atoms with Gasteiger partial charge in [0.15, 0.2) is 0 Å². The van der Waals surface area contributed by atoms with Crippen LogP contribution < -0.4 is 16.4 Å². The molecule has 0 saturated carbocycles. The lowest BCUT2D eigenvalue weighted by Crippen LogP contribution is -2.38. The third-order valence-corrected chi connectivity index (χ3v) is 6.38. The van der Waals surface area contributed by atoms with E-state index >= 15 is 0 Å². The van der Waals surface area contributed by atoms with Gasteiger partial charge in [-0.3, -0.25) is 14.4 Å². The van der Waals surface area contributed by atoms with Gasteiger partial charge in [-0.2, -0.15) is 4.31 Å². The van der Waals surface area contributed by atoms with Crippen molar-refractivity contribution < 1.29 is 13.2 Å². The zero-order chi connectivity index (χ0) is 21.9. The van der Waals surface area contributed by atoms with E-state index in [1.165, 1.54) is 18.2 Å². The summed E-state index contributed by atoms with van der Waals surface area (Å²) in [6, 6.07) is 11.2. The van der Waals surface area contributed by atoms with Crippen molar-refractivity contribution in [3.05, 3.63) is 68.7 Å². The Morgan fingerprint density at radius 1 is 1.03 bits per heavy atom. The highest BCUT2D eigenvalue weighted by Gasteiger charge is 2.26. The lowest BCUT2D eigenvalue weighted by atomic mass is 10.2. The minimum absolute atomic E-state index is 0.0881. The van der Waals surface area contributed by atoms with Crippen molar-refractivity contribution in [3.8, 4) is 0 Å². The van der Waals surface area contributed by atoms with Crippen molar-refractivity contribution in [1.82, 2.24) is 14.3 Å². The zero-order valence-corrected chi connectivity index (χ0v) is 17.4. The average molecular weight is 430 g/mol. The second kappa shape index (κ2) is 8.64. The number of carbonyl (C=O) groups is 1. The minimum atomic E-state index is -4.02. The highest BCUT2D eigenvalue weighted by atomic mass is 32.2. The summed E-state index contributed by atoms with van der Waals surface area (Å²) in [5, 5.41) is 2.73. The average Bonchev–Trinajstić information content (AvgIpc) is 2.70. The van der Waals surface area contributed by atoms with Crippen LogP contribution in [0.1, 0.15) is 18.9 Å².